The highest BCUT2D eigenvalue weighted by molar-refractivity contribution is 9.10. The zero-order chi connectivity index (χ0) is 14.1. The van der Waals surface area contributed by atoms with Crippen molar-refractivity contribution in [2.75, 3.05) is 20.1 Å². The Hall–Kier alpha value is -0.500. The maximum absolute atomic E-state index is 12.5. The van der Waals surface area contributed by atoms with Crippen LogP contribution < -0.4 is 5.32 Å². The number of halogens is 1. The van der Waals surface area contributed by atoms with Crippen LogP contribution in [0.15, 0.2) is 27.8 Å². The number of hydrogen-bond donors (Lipinski definition) is 1. The Kier molecular flexibility index (Phi) is 4.29. The maximum Gasteiger partial charge on any atom is 0.244 e. The summed E-state index contributed by atoms with van der Waals surface area (Å²) in [4.78, 5) is 4.17. The molecule has 1 fully saturated rings. The molecule has 5 nitrogen and oxygen atoms in total. The van der Waals surface area contributed by atoms with Crippen molar-refractivity contribution in [3.63, 3.8) is 0 Å². The number of aromatic nitrogens is 1. The summed E-state index contributed by atoms with van der Waals surface area (Å²) in [6, 6.07) is 1.59. The number of piperidine rings is 1. The molecule has 2 heterocycles. The van der Waals surface area contributed by atoms with Gasteiger partial charge in [0.15, 0.2) is 0 Å². The molecular formula is C12H18BrN3O2S. The average molecular weight is 348 g/mol. The first-order chi connectivity index (χ1) is 8.87. The third-order valence-electron chi connectivity index (χ3n) is 3.75. The first kappa shape index (κ1) is 14.9. The Morgan fingerprint density at radius 1 is 1.37 bits per heavy atom. The molecular weight excluding hydrogens is 330 g/mol. The van der Waals surface area contributed by atoms with E-state index in [-0.39, 0.29) is 10.4 Å². The van der Waals surface area contributed by atoms with Gasteiger partial charge in [0, 0.05) is 35.5 Å². The molecule has 0 saturated carbocycles. The van der Waals surface area contributed by atoms with Crippen molar-refractivity contribution in [2.24, 2.45) is 0 Å². The van der Waals surface area contributed by atoms with Gasteiger partial charge in [0.1, 0.15) is 4.90 Å². The standard InChI is InChI=1S/C12H18BrN3O2S/c1-12(14-2)3-5-16(6-4-12)19(17,18)11-7-10(13)8-15-9-11/h7-9,14H,3-6H2,1-2H3. The van der Waals surface area contributed by atoms with Crippen molar-refractivity contribution in [1.29, 1.82) is 0 Å². The lowest BCUT2D eigenvalue weighted by molar-refractivity contribution is 0.219. The van der Waals surface area contributed by atoms with Gasteiger partial charge >= 0.3 is 0 Å². The Balaban J connectivity index is 2.19. The molecule has 19 heavy (non-hydrogen) atoms. The van der Waals surface area contributed by atoms with Crippen molar-refractivity contribution in [3.8, 4) is 0 Å². The van der Waals surface area contributed by atoms with E-state index in [2.05, 4.69) is 33.2 Å². The van der Waals surface area contributed by atoms with Crippen molar-refractivity contribution in [3.05, 3.63) is 22.9 Å². The number of pyridine rings is 1. The number of hydrogen-bond acceptors (Lipinski definition) is 4. The van der Waals surface area contributed by atoms with Crippen LogP contribution in [-0.2, 0) is 10.0 Å². The van der Waals surface area contributed by atoms with E-state index in [9.17, 15) is 8.42 Å². The van der Waals surface area contributed by atoms with Crippen LogP contribution >= 0.6 is 15.9 Å². The van der Waals surface area contributed by atoms with E-state index in [0.717, 1.165) is 12.8 Å². The van der Waals surface area contributed by atoms with Gasteiger partial charge in [-0.1, -0.05) is 0 Å². The van der Waals surface area contributed by atoms with Crippen molar-refractivity contribution in [2.45, 2.75) is 30.2 Å². The highest BCUT2D eigenvalue weighted by atomic mass is 79.9. The van der Waals surface area contributed by atoms with Gasteiger partial charge in [-0.2, -0.15) is 4.31 Å². The minimum absolute atomic E-state index is 0.0293. The van der Waals surface area contributed by atoms with Gasteiger partial charge in [0.25, 0.3) is 0 Å². The molecule has 1 saturated heterocycles. The molecule has 0 aromatic carbocycles. The molecule has 0 radical (unpaired) electrons. The molecule has 0 aliphatic carbocycles. The van der Waals surface area contributed by atoms with E-state index in [1.807, 2.05) is 7.05 Å². The van der Waals surface area contributed by atoms with Crippen molar-refractivity contribution >= 4 is 26.0 Å². The molecule has 106 valence electrons. The van der Waals surface area contributed by atoms with E-state index >= 15 is 0 Å². The van der Waals surface area contributed by atoms with Gasteiger partial charge in [-0.3, -0.25) is 4.98 Å². The fraction of sp³-hybridized carbons (Fsp3) is 0.583. The highest BCUT2D eigenvalue weighted by Crippen LogP contribution is 2.26. The van der Waals surface area contributed by atoms with Gasteiger partial charge in [0.2, 0.25) is 10.0 Å². The summed E-state index contributed by atoms with van der Waals surface area (Å²) in [5, 5.41) is 3.26. The van der Waals surface area contributed by atoms with Crippen LogP contribution in [0.4, 0.5) is 0 Å². The normalized spacial score (nSPS) is 20.4. The smallest absolute Gasteiger partial charge is 0.244 e. The SMILES string of the molecule is CNC1(C)CCN(S(=O)(=O)c2cncc(Br)c2)CC1. The molecule has 2 rings (SSSR count). The van der Waals surface area contributed by atoms with Crippen LogP contribution in [0.25, 0.3) is 0 Å². The zero-order valence-electron chi connectivity index (χ0n) is 11.1. The lowest BCUT2D eigenvalue weighted by Gasteiger charge is -2.38. The number of rotatable bonds is 3. The third kappa shape index (κ3) is 3.16. The first-order valence-electron chi connectivity index (χ1n) is 6.17. The summed E-state index contributed by atoms with van der Waals surface area (Å²) in [6.45, 7) is 3.19. The predicted octanol–water partition coefficient (Wildman–Crippen LogP) is 1.61. The van der Waals surface area contributed by atoms with E-state index in [0.29, 0.717) is 17.6 Å². The van der Waals surface area contributed by atoms with Crippen LogP contribution in [0.3, 0.4) is 0 Å². The van der Waals surface area contributed by atoms with E-state index in [1.54, 1.807) is 12.3 Å². The van der Waals surface area contributed by atoms with Gasteiger partial charge in [-0.05, 0) is 48.8 Å². The molecule has 1 aromatic heterocycles. The number of nitrogens with zero attached hydrogens (tertiary/aromatic N) is 2. The van der Waals surface area contributed by atoms with Crippen LogP contribution in [-0.4, -0.2) is 43.4 Å². The molecule has 0 spiro atoms. The molecule has 7 heteroatoms. The Morgan fingerprint density at radius 2 is 2.00 bits per heavy atom. The van der Waals surface area contributed by atoms with Gasteiger partial charge in [-0.15, -0.1) is 0 Å². The van der Waals surface area contributed by atoms with Crippen molar-refractivity contribution in [1.82, 2.24) is 14.6 Å². The molecule has 1 aromatic rings. The number of nitrogens with one attached hydrogen (secondary N) is 1. The highest BCUT2D eigenvalue weighted by Gasteiger charge is 2.34. The second-order valence-electron chi connectivity index (χ2n) is 5.05. The average Bonchev–Trinajstić information content (AvgIpc) is 2.39. The Morgan fingerprint density at radius 3 is 2.53 bits per heavy atom. The predicted molar refractivity (Wildman–Crippen MR) is 77.4 cm³/mol. The van der Waals surface area contributed by atoms with Gasteiger partial charge in [0.05, 0.1) is 0 Å². The van der Waals surface area contributed by atoms with Crippen LogP contribution in [0.2, 0.25) is 0 Å². The van der Waals surface area contributed by atoms with Gasteiger partial charge < -0.3 is 5.32 Å². The van der Waals surface area contributed by atoms with E-state index in [1.165, 1.54) is 10.5 Å². The number of sulfonamides is 1. The molecule has 0 atom stereocenters. The minimum atomic E-state index is -3.43. The Labute approximate surface area is 122 Å². The third-order valence-corrected chi connectivity index (χ3v) is 6.04. The maximum atomic E-state index is 12.5. The quantitative estimate of drug-likeness (QED) is 0.902. The van der Waals surface area contributed by atoms with Crippen LogP contribution in [0.5, 0.6) is 0 Å². The largest absolute Gasteiger partial charge is 0.314 e. The summed E-state index contributed by atoms with van der Waals surface area (Å²) >= 11 is 3.25. The van der Waals surface area contributed by atoms with Gasteiger partial charge in [-0.25, -0.2) is 8.42 Å². The molecule has 0 unspecified atom stereocenters. The summed E-state index contributed by atoms with van der Waals surface area (Å²) in [6.07, 6.45) is 4.59. The summed E-state index contributed by atoms with van der Waals surface area (Å²) in [5.41, 5.74) is 0.0293. The molecule has 1 aliphatic heterocycles. The fourth-order valence-electron chi connectivity index (χ4n) is 2.15. The second-order valence-corrected chi connectivity index (χ2v) is 7.91. The summed E-state index contributed by atoms with van der Waals surface area (Å²) in [7, 11) is -1.51. The van der Waals surface area contributed by atoms with E-state index in [4.69, 9.17) is 0 Å². The monoisotopic (exact) mass is 347 g/mol. The lowest BCUT2D eigenvalue weighted by atomic mass is 9.91. The first-order valence-corrected chi connectivity index (χ1v) is 8.40. The second kappa shape index (κ2) is 5.47. The minimum Gasteiger partial charge on any atom is -0.314 e. The molecule has 1 aliphatic rings. The van der Waals surface area contributed by atoms with Crippen LogP contribution in [0.1, 0.15) is 19.8 Å². The summed E-state index contributed by atoms with van der Waals surface area (Å²) in [5.74, 6) is 0. The fourth-order valence-corrected chi connectivity index (χ4v) is 4.10. The molecule has 0 amide bonds. The Bertz CT molecular complexity index is 554. The van der Waals surface area contributed by atoms with Crippen LogP contribution in [0, 0.1) is 0 Å². The molecule has 1 N–H and O–H groups in total. The van der Waals surface area contributed by atoms with E-state index < -0.39 is 10.0 Å². The lowest BCUT2D eigenvalue weighted by Crippen LogP contribution is -2.51. The summed E-state index contributed by atoms with van der Waals surface area (Å²) < 4.78 is 27.2. The molecule has 0 bridgehead atoms. The van der Waals surface area contributed by atoms with Crippen molar-refractivity contribution < 1.29 is 8.42 Å². The zero-order valence-corrected chi connectivity index (χ0v) is 13.5. The topological polar surface area (TPSA) is 62.3 Å².